The molecule has 0 bridgehead atoms. The molecular weight excluding hydrogens is 272 g/mol. The SMILES string of the molecule is CCNC(=O)C1CCCc2cc(NC(=O)C3CC3)sc21. The molecule has 0 saturated heterocycles. The first-order valence-electron chi connectivity index (χ1n) is 7.40. The van der Waals surface area contributed by atoms with E-state index in [1.165, 1.54) is 5.56 Å². The van der Waals surface area contributed by atoms with E-state index >= 15 is 0 Å². The number of rotatable bonds is 4. The Kier molecular flexibility index (Phi) is 3.78. The van der Waals surface area contributed by atoms with E-state index < -0.39 is 0 Å². The zero-order chi connectivity index (χ0) is 14.1. The van der Waals surface area contributed by atoms with Gasteiger partial charge in [-0.05, 0) is 50.7 Å². The van der Waals surface area contributed by atoms with Gasteiger partial charge in [0.2, 0.25) is 11.8 Å². The fourth-order valence-corrected chi connectivity index (χ4v) is 3.99. The summed E-state index contributed by atoms with van der Waals surface area (Å²) in [5.74, 6) is 0.442. The first kappa shape index (κ1) is 13.6. The van der Waals surface area contributed by atoms with E-state index in [1.807, 2.05) is 6.92 Å². The van der Waals surface area contributed by atoms with Gasteiger partial charge in [0.25, 0.3) is 0 Å². The van der Waals surface area contributed by atoms with Crippen LogP contribution in [0.2, 0.25) is 0 Å². The van der Waals surface area contributed by atoms with Gasteiger partial charge >= 0.3 is 0 Å². The second-order valence-corrected chi connectivity index (χ2v) is 6.69. The lowest BCUT2D eigenvalue weighted by atomic mass is 9.89. The van der Waals surface area contributed by atoms with Crippen LogP contribution < -0.4 is 10.6 Å². The molecule has 2 amide bonds. The molecule has 0 spiro atoms. The Morgan fingerprint density at radius 1 is 1.30 bits per heavy atom. The van der Waals surface area contributed by atoms with Crippen LogP contribution >= 0.6 is 11.3 Å². The van der Waals surface area contributed by atoms with Crippen LogP contribution in [0, 0.1) is 5.92 Å². The molecule has 4 nitrogen and oxygen atoms in total. The highest BCUT2D eigenvalue weighted by Crippen LogP contribution is 2.41. The van der Waals surface area contributed by atoms with Gasteiger partial charge in [-0.25, -0.2) is 0 Å². The summed E-state index contributed by atoms with van der Waals surface area (Å²) < 4.78 is 0. The number of hydrogen-bond acceptors (Lipinski definition) is 3. The first-order chi connectivity index (χ1) is 9.69. The number of anilines is 1. The third-order valence-corrected chi connectivity index (χ3v) is 5.17. The maximum absolute atomic E-state index is 12.1. The van der Waals surface area contributed by atoms with Crippen LogP contribution in [-0.2, 0) is 16.0 Å². The van der Waals surface area contributed by atoms with E-state index in [0.29, 0.717) is 6.54 Å². The molecule has 3 rings (SSSR count). The van der Waals surface area contributed by atoms with E-state index in [4.69, 9.17) is 0 Å². The molecule has 1 fully saturated rings. The Morgan fingerprint density at radius 3 is 2.80 bits per heavy atom. The number of likely N-dealkylation sites (N-methyl/N-ethyl adjacent to an activating group) is 1. The molecule has 1 aromatic rings. The van der Waals surface area contributed by atoms with E-state index in [-0.39, 0.29) is 23.7 Å². The van der Waals surface area contributed by atoms with Gasteiger partial charge in [0, 0.05) is 17.3 Å². The summed E-state index contributed by atoms with van der Waals surface area (Å²) in [7, 11) is 0. The molecule has 2 aliphatic rings. The van der Waals surface area contributed by atoms with Crippen molar-refractivity contribution < 1.29 is 9.59 Å². The molecule has 5 heteroatoms. The Morgan fingerprint density at radius 2 is 2.10 bits per heavy atom. The molecule has 20 heavy (non-hydrogen) atoms. The van der Waals surface area contributed by atoms with E-state index in [2.05, 4.69) is 16.7 Å². The van der Waals surface area contributed by atoms with Crippen LogP contribution in [-0.4, -0.2) is 18.4 Å². The van der Waals surface area contributed by atoms with E-state index in [0.717, 1.165) is 42.0 Å². The first-order valence-corrected chi connectivity index (χ1v) is 8.22. The van der Waals surface area contributed by atoms with Crippen LogP contribution in [0.25, 0.3) is 0 Å². The highest BCUT2D eigenvalue weighted by Gasteiger charge is 2.32. The van der Waals surface area contributed by atoms with Crippen LogP contribution in [0.1, 0.15) is 49.0 Å². The van der Waals surface area contributed by atoms with Gasteiger partial charge in [0.1, 0.15) is 0 Å². The van der Waals surface area contributed by atoms with E-state index in [9.17, 15) is 9.59 Å². The van der Waals surface area contributed by atoms with Crippen molar-refractivity contribution in [2.24, 2.45) is 5.92 Å². The molecular formula is C15H20N2O2S. The lowest BCUT2D eigenvalue weighted by Crippen LogP contribution is -2.30. The number of carbonyl (C=O) groups is 2. The Hall–Kier alpha value is -1.36. The Labute approximate surface area is 122 Å². The average Bonchev–Trinajstić information content (AvgIpc) is 3.19. The third kappa shape index (κ3) is 2.73. The van der Waals surface area contributed by atoms with Crippen molar-refractivity contribution in [3.63, 3.8) is 0 Å². The van der Waals surface area contributed by atoms with Crippen molar-refractivity contribution in [1.29, 1.82) is 0 Å². The predicted molar refractivity (Wildman–Crippen MR) is 80.0 cm³/mol. The molecule has 0 radical (unpaired) electrons. The maximum atomic E-state index is 12.1. The Bertz CT molecular complexity index is 534. The zero-order valence-corrected chi connectivity index (χ0v) is 12.5. The second kappa shape index (κ2) is 5.56. The average molecular weight is 292 g/mol. The molecule has 1 atom stereocenters. The molecule has 1 aromatic heterocycles. The molecule has 108 valence electrons. The van der Waals surface area contributed by atoms with Gasteiger partial charge < -0.3 is 10.6 Å². The van der Waals surface area contributed by atoms with Crippen LogP contribution in [0.5, 0.6) is 0 Å². The zero-order valence-electron chi connectivity index (χ0n) is 11.7. The Balaban J connectivity index is 1.77. The number of fused-ring (bicyclic) bond motifs is 1. The minimum Gasteiger partial charge on any atom is -0.356 e. The molecule has 2 N–H and O–H groups in total. The highest BCUT2D eigenvalue weighted by atomic mass is 32.1. The summed E-state index contributed by atoms with van der Waals surface area (Å²) in [5.41, 5.74) is 1.24. The number of hydrogen-bond donors (Lipinski definition) is 2. The van der Waals surface area contributed by atoms with Crippen molar-refractivity contribution in [3.8, 4) is 0 Å². The topological polar surface area (TPSA) is 58.2 Å². The van der Waals surface area contributed by atoms with Crippen LogP contribution in [0.3, 0.4) is 0 Å². The van der Waals surface area contributed by atoms with Crippen molar-refractivity contribution in [2.75, 3.05) is 11.9 Å². The highest BCUT2D eigenvalue weighted by molar-refractivity contribution is 7.16. The van der Waals surface area contributed by atoms with Crippen molar-refractivity contribution in [3.05, 3.63) is 16.5 Å². The van der Waals surface area contributed by atoms with Gasteiger partial charge in [-0.2, -0.15) is 0 Å². The molecule has 2 aliphatic carbocycles. The summed E-state index contributed by atoms with van der Waals surface area (Å²) in [5, 5.41) is 6.82. The number of thiophene rings is 1. The normalized spacial score (nSPS) is 21.1. The summed E-state index contributed by atoms with van der Waals surface area (Å²) in [4.78, 5) is 25.1. The monoisotopic (exact) mass is 292 g/mol. The quantitative estimate of drug-likeness (QED) is 0.896. The molecule has 0 aromatic carbocycles. The van der Waals surface area contributed by atoms with Crippen LogP contribution in [0.15, 0.2) is 6.07 Å². The van der Waals surface area contributed by atoms with Crippen molar-refractivity contribution in [1.82, 2.24) is 5.32 Å². The van der Waals surface area contributed by atoms with Gasteiger partial charge in [-0.1, -0.05) is 0 Å². The molecule has 1 heterocycles. The van der Waals surface area contributed by atoms with Crippen molar-refractivity contribution >= 4 is 28.2 Å². The number of amides is 2. The summed E-state index contributed by atoms with van der Waals surface area (Å²) in [6.07, 6.45) is 4.99. The summed E-state index contributed by atoms with van der Waals surface area (Å²) in [6, 6.07) is 2.06. The fraction of sp³-hybridized carbons (Fsp3) is 0.600. The number of nitrogens with one attached hydrogen (secondary N) is 2. The minimum atomic E-state index is -0.0322. The lowest BCUT2D eigenvalue weighted by Gasteiger charge is -2.20. The fourth-order valence-electron chi connectivity index (χ4n) is 2.74. The third-order valence-electron chi connectivity index (χ3n) is 3.96. The molecule has 1 saturated carbocycles. The second-order valence-electron chi connectivity index (χ2n) is 5.60. The smallest absolute Gasteiger partial charge is 0.228 e. The molecule has 1 unspecified atom stereocenters. The predicted octanol–water partition coefficient (Wildman–Crippen LogP) is 2.65. The minimum absolute atomic E-state index is 0.0322. The van der Waals surface area contributed by atoms with Crippen LogP contribution in [0.4, 0.5) is 5.00 Å². The largest absolute Gasteiger partial charge is 0.356 e. The standard InChI is InChI=1S/C15H20N2O2S/c1-2-16-15(19)11-5-3-4-10-8-12(20-13(10)11)17-14(18)9-6-7-9/h8-9,11H,2-7H2,1H3,(H,16,19)(H,17,18). The summed E-state index contributed by atoms with van der Waals surface area (Å²) >= 11 is 1.58. The summed E-state index contributed by atoms with van der Waals surface area (Å²) in [6.45, 7) is 2.61. The molecule has 0 aliphatic heterocycles. The number of aryl methyl sites for hydroxylation is 1. The van der Waals surface area contributed by atoms with E-state index in [1.54, 1.807) is 11.3 Å². The lowest BCUT2D eigenvalue weighted by molar-refractivity contribution is -0.122. The van der Waals surface area contributed by atoms with Gasteiger partial charge in [-0.3, -0.25) is 9.59 Å². The van der Waals surface area contributed by atoms with Crippen molar-refractivity contribution in [2.45, 2.75) is 44.9 Å². The van der Waals surface area contributed by atoms with Gasteiger partial charge in [-0.15, -0.1) is 11.3 Å². The number of carbonyl (C=O) groups excluding carboxylic acids is 2. The maximum Gasteiger partial charge on any atom is 0.228 e. The van der Waals surface area contributed by atoms with Gasteiger partial charge in [0.15, 0.2) is 0 Å². The van der Waals surface area contributed by atoms with Gasteiger partial charge in [0.05, 0.1) is 10.9 Å².